The second-order valence-corrected chi connectivity index (χ2v) is 7.19. The molecule has 3 rings (SSSR count). The van der Waals surface area contributed by atoms with Crippen LogP contribution in [0.3, 0.4) is 0 Å². The van der Waals surface area contributed by atoms with Crippen LogP contribution in [-0.2, 0) is 9.84 Å². The van der Waals surface area contributed by atoms with Crippen LogP contribution in [0.1, 0.15) is 5.56 Å². The molecule has 0 spiro atoms. The van der Waals surface area contributed by atoms with Crippen molar-refractivity contribution in [1.82, 2.24) is 0 Å². The number of rotatable bonds is 4. The van der Waals surface area contributed by atoms with E-state index < -0.39 is 9.84 Å². The molecule has 0 amide bonds. The van der Waals surface area contributed by atoms with Crippen molar-refractivity contribution in [2.24, 2.45) is 0 Å². The smallest absolute Gasteiger partial charge is 0.182 e. The van der Waals surface area contributed by atoms with Gasteiger partial charge < -0.3 is 0 Å². The fourth-order valence-corrected chi connectivity index (χ4v) is 3.90. The van der Waals surface area contributed by atoms with E-state index in [1.807, 2.05) is 42.5 Å². The minimum absolute atomic E-state index is 0.0784. The van der Waals surface area contributed by atoms with Gasteiger partial charge in [-0.25, -0.2) is 8.42 Å². The summed E-state index contributed by atoms with van der Waals surface area (Å²) in [4.78, 5) is 0.330. The second kappa shape index (κ2) is 5.78. The number of benzene rings is 3. The van der Waals surface area contributed by atoms with E-state index in [0.29, 0.717) is 10.5 Å². The van der Waals surface area contributed by atoms with E-state index >= 15 is 0 Å². The Kier molecular flexibility index (Phi) is 3.82. The maximum atomic E-state index is 12.5. The van der Waals surface area contributed by atoms with Crippen molar-refractivity contribution < 1.29 is 8.42 Å². The highest BCUT2D eigenvalue weighted by molar-refractivity contribution is 7.91. The average Bonchev–Trinajstić information content (AvgIpc) is 2.54. The fraction of sp³-hybridized carbons (Fsp3) is 0.0526. The third-order valence-corrected chi connectivity index (χ3v) is 5.36. The summed E-state index contributed by atoms with van der Waals surface area (Å²) < 4.78 is 25.0. The topological polar surface area (TPSA) is 34.1 Å². The molecule has 0 radical (unpaired) electrons. The van der Waals surface area contributed by atoms with Gasteiger partial charge in [0.2, 0.25) is 0 Å². The van der Waals surface area contributed by atoms with E-state index in [4.69, 9.17) is 0 Å². The summed E-state index contributed by atoms with van der Waals surface area (Å²) >= 11 is 0. The van der Waals surface area contributed by atoms with Crippen molar-refractivity contribution in [1.29, 1.82) is 0 Å². The first-order chi connectivity index (χ1) is 10.6. The van der Waals surface area contributed by atoms with E-state index in [2.05, 4.69) is 6.58 Å². The van der Waals surface area contributed by atoms with Gasteiger partial charge in [-0.05, 0) is 34.0 Å². The average molecular weight is 308 g/mol. The van der Waals surface area contributed by atoms with Gasteiger partial charge in [-0.3, -0.25) is 0 Å². The van der Waals surface area contributed by atoms with E-state index in [-0.39, 0.29) is 5.75 Å². The molecule has 3 aromatic carbocycles. The first-order valence-electron chi connectivity index (χ1n) is 7.02. The van der Waals surface area contributed by atoms with Gasteiger partial charge in [-0.2, -0.15) is 0 Å². The van der Waals surface area contributed by atoms with Crippen LogP contribution in [-0.4, -0.2) is 14.2 Å². The molecule has 22 heavy (non-hydrogen) atoms. The van der Waals surface area contributed by atoms with Crippen LogP contribution in [0, 0.1) is 0 Å². The molecule has 0 aromatic heterocycles. The summed E-state index contributed by atoms with van der Waals surface area (Å²) in [6.07, 6.45) is 0. The number of fused-ring (bicyclic) bond motifs is 1. The fourth-order valence-electron chi connectivity index (χ4n) is 2.55. The molecule has 0 aliphatic carbocycles. The molecule has 0 heterocycles. The minimum Gasteiger partial charge on any atom is -0.223 e. The molecular weight excluding hydrogens is 292 g/mol. The first kappa shape index (κ1) is 14.5. The highest BCUT2D eigenvalue weighted by Gasteiger charge is 2.17. The van der Waals surface area contributed by atoms with E-state index in [1.165, 1.54) is 0 Å². The Morgan fingerprint density at radius 3 is 2.23 bits per heavy atom. The molecule has 3 aromatic rings. The number of sulfone groups is 1. The van der Waals surface area contributed by atoms with Crippen LogP contribution in [0.2, 0.25) is 0 Å². The lowest BCUT2D eigenvalue weighted by atomic mass is 10.0. The van der Waals surface area contributed by atoms with E-state index in [1.54, 1.807) is 30.3 Å². The molecule has 0 saturated heterocycles. The van der Waals surface area contributed by atoms with Gasteiger partial charge in [0, 0.05) is 0 Å². The normalized spacial score (nSPS) is 11.5. The van der Waals surface area contributed by atoms with Crippen LogP contribution in [0.5, 0.6) is 0 Å². The predicted molar refractivity (Wildman–Crippen MR) is 91.5 cm³/mol. The molecule has 3 heteroatoms. The van der Waals surface area contributed by atoms with Gasteiger partial charge in [0.25, 0.3) is 0 Å². The third-order valence-electron chi connectivity index (χ3n) is 3.64. The molecule has 0 aliphatic rings. The Bertz CT molecular complexity index is 921. The van der Waals surface area contributed by atoms with Crippen molar-refractivity contribution in [3.63, 3.8) is 0 Å². The van der Waals surface area contributed by atoms with Gasteiger partial charge in [0.15, 0.2) is 9.84 Å². The van der Waals surface area contributed by atoms with Crippen LogP contribution in [0.4, 0.5) is 0 Å². The molecule has 0 bridgehead atoms. The Labute approximate surface area is 130 Å². The summed E-state index contributed by atoms with van der Waals surface area (Å²) in [6, 6.07) is 22.3. The maximum absolute atomic E-state index is 12.5. The van der Waals surface area contributed by atoms with Gasteiger partial charge in [0.1, 0.15) is 0 Å². The Balaban J connectivity index is 1.98. The summed E-state index contributed by atoms with van der Waals surface area (Å²) in [5.41, 5.74) is 1.50. The Hall–Kier alpha value is -2.39. The van der Waals surface area contributed by atoms with Crippen molar-refractivity contribution in [3.8, 4) is 0 Å². The maximum Gasteiger partial charge on any atom is 0.182 e. The summed E-state index contributed by atoms with van der Waals surface area (Å²) in [5.74, 6) is -0.0784. The van der Waals surface area contributed by atoms with Crippen molar-refractivity contribution in [2.75, 3.05) is 5.75 Å². The molecule has 0 aliphatic heterocycles. The molecule has 0 fully saturated rings. The van der Waals surface area contributed by atoms with Gasteiger partial charge in [-0.1, -0.05) is 67.2 Å². The van der Waals surface area contributed by atoms with E-state index in [0.717, 1.165) is 16.3 Å². The molecule has 110 valence electrons. The van der Waals surface area contributed by atoms with Crippen molar-refractivity contribution in [3.05, 3.63) is 84.9 Å². The Morgan fingerprint density at radius 1 is 0.818 bits per heavy atom. The summed E-state index contributed by atoms with van der Waals surface area (Å²) in [6.45, 7) is 4.01. The van der Waals surface area contributed by atoms with Crippen LogP contribution in [0.25, 0.3) is 16.3 Å². The third kappa shape index (κ3) is 2.81. The molecule has 0 unspecified atom stereocenters. The van der Waals surface area contributed by atoms with E-state index in [9.17, 15) is 8.42 Å². The highest BCUT2D eigenvalue weighted by Crippen LogP contribution is 2.26. The zero-order valence-electron chi connectivity index (χ0n) is 12.1. The lowest BCUT2D eigenvalue weighted by molar-refractivity contribution is 0.599. The largest absolute Gasteiger partial charge is 0.223 e. The van der Waals surface area contributed by atoms with Gasteiger partial charge in [-0.15, -0.1) is 0 Å². The van der Waals surface area contributed by atoms with Crippen LogP contribution in [0.15, 0.2) is 84.3 Å². The summed E-state index contributed by atoms with van der Waals surface area (Å²) in [7, 11) is -3.38. The van der Waals surface area contributed by atoms with Crippen molar-refractivity contribution >= 4 is 26.2 Å². The molecule has 2 nitrogen and oxygen atoms in total. The monoisotopic (exact) mass is 308 g/mol. The zero-order valence-corrected chi connectivity index (χ0v) is 12.9. The zero-order chi connectivity index (χ0) is 15.6. The number of hydrogen-bond donors (Lipinski definition) is 0. The van der Waals surface area contributed by atoms with Crippen LogP contribution < -0.4 is 0 Å². The standard InChI is InChI=1S/C19H16O2S/c1-15(14-22(20,21)17-10-3-2-4-11-17)18-13-7-9-16-8-5-6-12-19(16)18/h2-13H,1,14H2. The molecule has 0 atom stereocenters. The lowest BCUT2D eigenvalue weighted by Gasteiger charge is -2.10. The first-order valence-corrected chi connectivity index (χ1v) is 8.67. The predicted octanol–water partition coefficient (Wildman–Crippen LogP) is 4.33. The number of hydrogen-bond acceptors (Lipinski definition) is 2. The van der Waals surface area contributed by atoms with Gasteiger partial charge in [0.05, 0.1) is 10.6 Å². The Morgan fingerprint density at radius 2 is 1.45 bits per heavy atom. The molecule has 0 N–H and O–H groups in total. The van der Waals surface area contributed by atoms with Gasteiger partial charge >= 0.3 is 0 Å². The van der Waals surface area contributed by atoms with Crippen LogP contribution >= 0.6 is 0 Å². The molecule has 0 saturated carbocycles. The minimum atomic E-state index is -3.38. The highest BCUT2D eigenvalue weighted by atomic mass is 32.2. The summed E-state index contributed by atoms with van der Waals surface area (Å²) in [5, 5.41) is 2.11. The lowest BCUT2D eigenvalue weighted by Crippen LogP contribution is -2.08. The quantitative estimate of drug-likeness (QED) is 0.719. The second-order valence-electron chi connectivity index (χ2n) is 5.20. The molecular formula is C19H16O2S. The SMILES string of the molecule is C=C(CS(=O)(=O)c1ccccc1)c1cccc2ccccc12. The van der Waals surface area contributed by atoms with Crippen molar-refractivity contribution in [2.45, 2.75) is 4.90 Å².